The summed E-state index contributed by atoms with van der Waals surface area (Å²) in [6.07, 6.45) is 9.06. The number of hydrogen-bond acceptors (Lipinski definition) is 4. The Labute approximate surface area is 147 Å². The van der Waals surface area contributed by atoms with Crippen LogP contribution in [0, 0.1) is 12.8 Å². The lowest BCUT2D eigenvalue weighted by atomic mass is 9.89. The number of H-pyrrole nitrogens is 1. The molecule has 132 valence electrons. The van der Waals surface area contributed by atoms with Gasteiger partial charge in [-0.1, -0.05) is 0 Å². The van der Waals surface area contributed by atoms with Crippen molar-refractivity contribution in [2.75, 3.05) is 5.32 Å². The predicted octanol–water partition coefficient (Wildman–Crippen LogP) is 3.18. The fraction of sp³-hybridized carbons (Fsp3) is 0.526. The van der Waals surface area contributed by atoms with E-state index in [4.69, 9.17) is 4.74 Å². The summed E-state index contributed by atoms with van der Waals surface area (Å²) in [6.45, 7) is 1.95. The van der Waals surface area contributed by atoms with Crippen molar-refractivity contribution in [3.8, 4) is 5.88 Å². The molecule has 6 nitrogen and oxygen atoms in total. The van der Waals surface area contributed by atoms with Crippen LogP contribution in [0.3, 0.4) is 0 Å². The lowest BCUT2D eigenvalue weighted by Gasteiger charge is -2.20. The number of fused-ring (bicyclic) bond motifs is 1. The summed E-state index contributed by atoms with van der Waals surface area (Å²) in [7, 11) is 0. The van der Waals surface area contributed by atoms with E-state index in [1.807, 2.05) is 19.1 Å². The van der Waals surface area contributed by atoms with E-state index in [0.29, 0.717) is 12.0 Å². The zero-order valence-electron chi connectivity index (χ0n) is 14.5. The molecule has 0 spiro atoms. The minimum atomic E-state index is -0.0261. The number of pyridine rings is 1. The molecule has 2 aromatic rings. The largest absolute Gasteiger partial charge is 0.474 e. The number of aryl methyl sites for hydroxylation is 2. The molecule has 4 rings (SSSR count). The monoisotopic (exact) mass is 340 g/mol. The molecule has 2 aromatic heterocycles. The number of anilines is 1. The van der Waals surface area contributed by atoms with Gasteiger partial charge in [-0.15, -0.1) is 0 Å². The number of rotatable bonds is 4. The number of amides is 1. The standard InChI is InChI=1S/C19H24N4O2/c1-12-21-16-8-6-13(10-17(16)22-12)19(24)23-14-7-9-18(20-11-14)25-15-4-2-3-5-15/h7,9,11,13,15H,2-6,8,10H2,1H3,(H,21,22)(H,23,24)/t13-/m0/s1. The summed E-state index contributed by atoms with van der Waals surface area (Å²) >= 11 is 0. The molecule has 2 aliphatic carbocycles. The smallest absolute Gasteiger partial charge is 0.227 e. The van der Waals surface area contributed by atoms with Gasteiger partial charge in [-0.25, -0.2) is 9.97 Å². The van der Waals surface area contributed by atoms with E-state index in [-0.39, 0.29) is 11.8 Å². The Morgan fingerprint density at radius 1 is 1.28 bits per heavy atom. The van der Waals surface area contributed by atoms with E-state index in [1.165, 1.54) is 12.8 Å². The number of aromatic amines is 1. The van der Waals surface area contributed by atoms with Gasteiger partial charge in [-0.05, 0) is 51.5 Å². The second-order valence-corrected chi connectivity index (χ2v) is 7.09. The molecule has 0 radical (unpaired) electrons. The van der Waals surface area contributed by atoms with Crippen LogP contribution in [-0.2, 0) is 17.6 Å². The Bertz CT molecular complexity index is 747. The third kappa shape index (κ3) is 3.67. The number of imidazole rings is 1. The van der Waals surface area contributed by atoms with Crippen LogP contribution in [0.25, 0.3) is 0 Å². The first-order valence-electron chi connectivity index (χ1n) is 9.15. The highest BCUT2D eigenvalue weighted by Gasteiger charge is 2.27. The molecule has 1 atom stereocenters. The van der Waals surface area contributed by atoms with Crippen molar-refractivity contribution in [1.82, 2.24) is 15.0 Å². The van der Waals surface area contributed by atoms with Crippen LogP contribution in [0.1, 0.15) is 49.3 Å². The highest BCUT2D eigenvalue weighted by atomic mass is 16.5. The number of carbonyl (C=O) groups excluding carboxylic acids is 1. The van der Waals surface area contributed by atoms with Crippen molar-refractivity contribution in [3.63, 3.8) is 0 Å². The topological polar surface area (TPSA) is 79.9 Å². The highest BCUT2D eigenvalue weighted by Crippen LogP contribution is 2.26. The maximum Gasteiger partial charge on any atom is 0.227 e. The Morgan fingerprint density at radius 2 is 2.12 bits per heavy atom. The molecule has 25 heavy (non-hydrogen) atoms. The van der Waals surface area contributed by atoms with E-state index < -0.39 is 0 Å². The van der Waals surface area contributed by atoms with Crippen molar-refractivity contribution in [3.05, 3.63) is 35.5 Å². The first kappa shape index (κ1) is 16.1. The van der Waals surface area contributed by atoms with Gasteiger partial charge in [0.2, 0.25) is 11.8 Å². The van der Waals surface area contributed by atoms with Crippen molar-refractivity contribution in [2.24, 2.45) is 5.92 Å². The number of nitrogens with one attached hydrogen (secondary N) is 2. The molecule has 0 unspecified atom stereocenters. The Balaban J connectivity index is 1.34. The lowest BCUT2D eigenvalue weighted by molar-refractivity contribution is -0.120. The molecule has 2 N–H and O–H groups in total. The summed E-state index contributed by atoms with van der Waals surface area (Å²) in [6, 6.07) is 3.70. The second kappa shape index (κ2) is 6.86. The number of carbonyl (C=O) groups is 1. The molecular weight excluding hydrogens is 316 g/mol. The number of aromatic nitrogens is 3. The third-order valence-electron chi connectivity index (χ3n) is 5.13. The van der Waals surface area contributed by atoms with Gasteiger partial charge in [-0.3, -0.25) is 4.79 Å². The van der Waals surface area contributed by atoms with E-state index >= 15 is 0 Å². The summed E-state index contributed by atoms with van der Waals surface area (Å²) in [5.41, 5.74) is 2.93. The van der Waals surface area contributed by atoms with E-state index in [9.17, 15) is 4.79 Å². The zero-order valence-corrected chi connectivity index (χ0v) is 14.5. The maximum atomic E-state index is 12.5. The van der Waals surface area contributed by atoms with Crippen LogP contribution in [0.5, 0.6) is 5.88 Å². The summed E-state index contributed by atoms with van der Waals surface area (Å²) < 4.78 is 5.86. The average molecular weight is 340 g/mol. The molecule has 0 saturated heterocycles. The van der Waals surface area contributed by atoms with Gasteiger partial charge < -0.3 is 15.0 Å². The minimum Gasteiger partial charge on any atom is -0.474 e. The fourth-order valence-corrected chi connectivity index (χ4v) is 3.79. The highest BCUT2D eigenvalue weighted by molar-refractivity contribution is 5.92. The van der Waals surface area contributed by atoms with Gasteiger partial charge in [0, 0.05) is 24.1 Å². The Morgan fingerprint density at radius 3 is 2.88 bits per heavy atom. The van der Waals surface area contributed by atoms with Crippen molar-refractivity contribution in [2.45, 2.75) is 58.0 Å². The summed E-state index contributed by atoms with van der Waals surface area (Å²) in [5.74, 6) is 1.58. The quantitative estimate of drug-likeness (QED) is 0.896. The average Bonchev–Trinajstić information content (AvgIpc) is 3.24. The molecule has 2 aliphatic rings. The van der Waals surface area contributed by atoms with E-state index in [1.54, 1.807) is 6.20 Å². The number of ether oxygens (including phenoxy) is 1. The second-order valence-electron chi connectivity index (χ2n) is 7.09. The Kier molecular flexibility index (Phi) is 4.42. The molecular formula is C19H24N4O2. The molecule has 1 amide bonds. The van der Waals surface area contributed by atoms with Crippen LogP contribution in [0.2, 0.25) is 0 Å². The predicted molar refractivity (Wildman–Crippen MR) is 94.6 cm³/mol. The van der Waals surface area contributed by atoms with Crippen LogP contribution >= 0.6 is 0 Å². The van der Waals surface area contributed by atoms with Gasteiger partial charge in [-0.2, -0.15) is 0 Å². The lowest BCUT2D eigenvalue weighted by Crippen LogP contribution is -2.28. The molecule has 0 aliphatic heterocycles. The van der Waals surface area contributed by atoms with Crippen LogP contribution in [0.15, 0.2) is 18.3 Å². The first-order valence-corrected chi connectivity index (χ1v) is 9.15. The molecule has 2 heterocycles. The van der Waals surface area contributed by atoms with Gasteiger partial charge >= 0.3 is 0 Å². The minimum absolute atomic E-state index is 0.0261. The summed E-state index contributed by atoms with van der Waals surface area (Å²) in [5, 5.41) is 2.98. The molecule has 0 aromatic carbocycles. The third-order valence-corrected chi connectivity index (χ3v) is 5.13. The first-order chi connectivity index (χ1) is 12.2. The molecule has 1 saturated carbocycles. The van der Waals surface area contributed by atoms with Crippen LogP contribution in [-0.4, -0.2) is 27.0 Å². The van der Waals surface area contributed by atoms with Crippen molar-refractivity contribution >= 4 is 11.6 Å². The SMILES string of the molecule is Cc1nc2c([nH]1)C[C@@H](C(=O)Nc1ccc(OC3CCCC3)nc1)CC2. The number of nitrogens with zero attached hydrogens (tertiary/aromatic N) is 2. The van der Waals surface area contributed by atoms with Crippen LogP contribution in [0.4, 0.5) is 5.69 Å². The van der Waals surface area contributed by atoms with Gasteiger partial charge in [0.1, 0.15) is 11.9 Å². The van der Waals surface area contributed by atoms with E-state index in [0.717, 1.165) is 55.0 Å². The normalized spacial score (nSPS) is 20.3. The van der Waals surface area contributed by atoms with Gasteiger partial charge in [0.25, 0.3) is 0 Å². The molecule has 0 bridgehead atoms. The Hall–Kier alpha value is -2.37. The maximum absolute atomic E-state index is 12.5. The van der Waals surface area contributed by atoms with Gasteiger partial charge in [0.05, 0.1) is 17.6 Å². The molecule has 1 fully saturated rings. The fourth-order valence-electron chi connectivity index (χ4n) is 3.79. The summed E-state index contributed by atoms with van der Waals surface area (Å²) in [4.78, 5) is 24.6. The molecule has 6 heteroatoms. The number of hydrogen-bond donors (Lipinski definition) is 2. The van der Waals surface area contributed by atoms with E-state index in [2.05, 4.69) is 20.3 Å². The van der Waals surface area contributed by atoms with Crippen molar-refractivity contribution in [1.29, 1.82) is 0 Å². The van der Waals surface area contributed by atoms with Crippen LogP contribution < -0.4 is 10.1 Å². The zero-order chi connectivity index (χ0) is 17.2. The van der Waals surface area contributed by atoms with Crippen molar-refractivity contribution < 1.29 is 9.53 Å². The van der Waals surface area contributed by atoms with Gasteiger partial charge in [0.15, 0.2) is 0 Å².